The Labute approximate surface area is 129 Å². The van der Waals surface area contributed by atoms with Crippen LogP contribution in [0.15, 0.2) is 48.5 Å². The van der Waals surface area contributed by atoms with Crippen molar-refractivity contribution in [3.63, 3.8) is 0 Å². The van der Waals surface area contributed by atoms with Crippen molar-refractivity contribution in [3.05, 3.63) is 70.4 Å². The van der Waals surface area contributed by atoms with Gasteiger partial charge in [0.05, 0.1) is 0 Å². The van der Waals surface area contributed by atoms with Gasteiger partial charge in [0.2, 0.25) is 0 Å². The molecular formula is C18H17ClN2. The second kappa shape index (κ2) is 5.21. The lowest BCUT2D eigenvalue weighted by Crippen LogP contribution is -2.29. The molecule has 0 spiro atoms. The zero-order chi connectivity index (χ0) is 14.2. The third-order valence-corrected chi connectivity index (χ3v) is 4.50. The van der Waals surface area contributed by atoms with E-state index in [-0.39, 0.29) is 0 Å². The van der Waals surface area contributed by atoms with E-state index in [2.05, 4.69) is 52.3 Å². The Bertz CT molecular complexity index is 777. The Balaban J connectivity index is 1.64. The summed E-state index contributed by atoms with van der Waals surface area (Å²) in [7, 11) is 0. The van der Waals surface area contributed by atoms with Gasteiger partial charge in [-0.25, -0.2) is 0 Å². The summed E-state index contributed by atoms with van der Waals surface area (Å²) < 4.78 is 0. The van der Waals surface area contributed by atoms with E-state index in [1.54, 1.807) is 0 Å². The number of aromatic amines is 1. The van der Waals surface area contributed by atoms with Crippen LogP contribution >= 0.6 is 11.6 Å². The molecule has 0 amide bonds. The Kier molecular flexibility index (Phi) is 3.21. The fraction of sp³-hybridized carbons (Fsp3) is 0.222. The molecular weight excluding hydrogens is 280 g/mol. The molecule has 0 saturated heterocycles. The topological polar surface area (TPSA) is 19.0 Å². The number of H-pyrrole nitrogens is 1. The van der Waals surface area contributed by atoms with E-state index in [1.165, 1.54) is 27.7 Å². The van der Waals surface area contributed by atoms with Crippen molar-refractivity contribution in [1.82, 2.24) is 9.88 Å². The lowest BCUT2D eigenvalue weighted by molar-refractivity contribution is 0.245. The van der Waals surface area contributed by atoms with E-state index >= 15 is 0 Å². The van der Waals surface area contributed by atoms with Gasteiger partial charge < -0.3 is 4.98 Å². The van der Waals surface area contributed by atoms with Crippen LogP contribution in [-0.4, -0.2) is 16.4 Å². The monoisotopic (exact) mass is 296 g/mol. The van der Waals surface area contributed by atoms with E-state index < -0.39 is 0 Å². The highest BCUT2D eigenvalue weighted by Crippen LogP contribution is 2.30. The number of hydrogen-bond acceptors (Lipinski definition) is 1. The molecule has 0 atom stereocenters. The summed E-state index contributed by atoms with van der Waals surface area (Å²) in [5.41, 5.74) is 5.36. The predicted octanol–water partition coefficient (Wildman–Crippen LogP) is 4.38. The highest BCUT2D eigenvalue weighted by molar-refractivity contribution is 6.31. The molecule has 1 N–H and O–H groups in total. The second-order valence-corrected chi connectivity index (χ2v) is 6.15. The molecule has 1 aliphatic rings. The van der Waals surface area contributed by atoms with Gasteiger partial charge in [0.15, 0.2) is 0 Å². The van der Waals surface area contributed by atoms with E-state index in [0.29, 0.717) is 0 Å². The smallest absolute Gasteiger partial charge is 0.0460 e. The summed E-state index contributed by atoms with van der Waals surface area (Å²) in [4.78, 5) is 6.05. The molecule has 2 aromatic carbocycles. The molecule has 0 unspecified atom stereocenters. The summed E-state index contributed by atoms with van der Waals surface area (Å²) in [5, 5.41) is 2.08. The highest BCUT2D eigenvalue weighted by atomic mass is 35.5. The minimum atomic E-state index is 0.810. The normalized spacial score (nSPS) is 15.3. The van der Waals surface area contributed by atoms with E-state index in [4.69, 9.17) is 11.6 Å². The molecule has 1 aliphatic heterocycles. The number of hydrogen-bond donors (Lipinski definition) is 1. The van der Waals surface area contributed by atoms with Gasteiger partial charge in [-0.1, -0.05) is 41.9 Å². The highest BCUT2D eigenvalue weighted by Gasteiger charge is 2.20. The van der Waals surface area contributed by atoms with Gasteiger partial charge in [-0.2, -0.15) is 0 Å². The molecule has 2 heterocycles. The van der Waals surface area contributed by atoms with Crippen LogP contribution in [-0.2, 0) is 19.5 Å². The first-order chi connectivity index (χ1) is 10.3. The standard InChI is InChI=1S/C18H17ClN2/c19-14-6-7-17-15(10-14)16-12-21(9-8-18(16)20-17)11-13-4-2-1-3-5-13/h1-7,10,20H,8-9,11-12H2. The van der Waals surface area contributed by atoms with E-state index in [9.17, 15) is 0 Å². The number of nitrogens with one attached hydrogen (secondary N) is 1. The third kappa shape index (κ3) is 2.45. The van der Waals surface area contributed by atoms with Gasteiger partial charge >= 0.3 is 0 Å². The molecule has 106 valence electrons. The minimum absolute atomic E-state index is 0.810. The van der Waals surface area contributed by atoms with Crippen LogP contribution in [0.1, 0.15) is 16.8 Å². The molecule has 2 nitrogen and oxygen atoms in total. The Hall–Kier alpha value is -1.77. The predicted molar refractivity (Wildman–Crippen MR) is 87.6 cm³/mol. The van der Waals surface area contributed by atoms with Crippen molar-refractivity contribution in [3.8, 4) is 0 Å². The molecule has 1 aromatic heterocycles. The van der Waals surface area contributed by atoms with Crippen molar-refractivity contribution in [2.75, 3.05) is 6.54 Å². The molecule has 3 aromatic rings. The first-order valence-electron chi connectivity index (χ1n) is 7.35. The number of benzene rings is 2. The molecule has 0 bridgehead atoms. The van der Waals surface area contributed by atoms with Crippen molar-refractivity contribution in [2.45, 2.75) is 19.5 Å². The van der Waals surface area contributed by atoms with Gasteiger partial charge in [-0.05, 0) is 29.3 Å². The van der Waals surface area contributed by atoms with Gasteiger partial charge in [0.1, 0.15) is 0 Å². The van der Waals surface area contributed by atoms with Crippen molar-refractivity contribution >= 4 is 22.5 Å². The zero-order valence-electron chi connectivity index (χ0n) is 11.8. The molecule has 4 rings (SSSR count). The molecule has 0 saturated carbocycles. The largest absolute Gasteiger partial charge is 0.358 e. The van der Waals surface area contributed by atoms with Gasteiger partial charge in [-0.15, -0.1) is 0 Å². The minimum Gasteiger partial charge on any atom is -0.358 e. The molecule has 3 heteroatoms. The Morgan fingerprint density at radius 2 is 1.95 bits per heavy atom. The maximum atomic E-state index is 6.16. The summed E-state index contributed by atoms with van der Waals surface area (Å²) in [6, 6.07) is 16.8. The molecule has 21 heavy (non-hydrogen) atoms. The van der Waals surface area contributed by atoms with Gasteiger partial charge in [-0.3, -0.25) is 4.90 Å². The van der Waals surface area contributed by atoms with E-state index in [0.717, 1.165) is 31.1 Å². The van der Waals surface area contributed by atoms with Crippen LogP contribution in [0.25, 0.3) is 10.9 Å². The molecule has 0 radical (unpaired) electrons. The third-order valence-electron chi connectivity index (χ3n) is 4.27. The van der Waals surface area contributed by atoms with E-state index in [1.807, 2.05) is 6.07 Å². The van der Waals surface area contributed by atoms with Crippen LogP contribution in [0, 0.1) is 0 Å². The fourth-order valence-corrected chi connectivity index (χ4v) is 3.39. The lowest BCUT2D eigenvalue weighted by Gasteiger charge is -2.27. The van der Waals surface area contributed by atoms with Crippen molar-refractivity contribution in [2.24, 2.45) is 0 Å². The maximum absolute atomic E-state index is 6.16. The van der Waals surface area contributed by atoms with Crippen molar-refractivity contribution < 1.29 is 0 Å². The van der Waals surface area contributed by atoms with Crippen LogP contribution in [0.5, 0.6) is 0 Å². The van der Waals surface area contributed by atoms with Gasteiger partial charge in [0, 0.05) is 47.7 Å². The number of halogens is 1. The van der Waals surface area contributed by atoms with Gasteiger partial charge in [0.25, 0.3) is 0 Å². The Morgan fingerprint density at radius 3 is 2.81 bits per heavy atom. The number of nitrogens with zero attached hydrogens (tertiary/aromatic N) is 1. The summed E-state index contributed by atoms with van der Waals surface area (Å²) in [5.74, 6) is 0. The summed E-state index contributed by atoms with van der Waals surface area (Å²) in [6.45, 7) is 3.10. The summed E-state index contributed by atoms with van der Waals surface area (Å²) >= 11 is 6.16. The zero-order valence-corrected chi connectivity index (χ0v) is 12.5. The van der Waals surface area contributed by atoms with Crippen molar-refractivity contribution in [1.29, 1.82) is 0 Å². The average molecular weight is 297 g/mol. The molecule has 0 fully saturated rings. The van der Waals surface area contributed by atoms with Crippen LogP contribution in [0.4, 0.5) is 0 Å². The van der Waals surface area contributed by atoms with Crippen LogP contribution in [0.3, 0.4) is 0 Å². The maximum Gasteiger partial charge on any atom is 0.0460 e. The number of aromatic nitrogens is 1. The lowest BCUT2D eigenvalue weighted by atomic mass is 10.0. The number of fused-ring (bicyclic) bond motifs is 3. The quantitative estimate of drug-likeness (QED) is 0.743. The van der Waals surface area contributed by atoms with Crippen LogP contribution < -0.4 is 0 Å². The first kappa shape index (κ1) is 12.9. The Morgan fingerprint density at radius 1 is 1.10 bits per heavy atom. The average Bonchev–Trinajstić information content (AvgIpc) is 2.86. The fourth-order valence-electron chi connectivity index (χ4n) is 3.22. The molecule has 0 aliphatic carbocycles. The first-order valence-corrected chi connectivity index (χ1v) is 7.73. The summed E-state index contributed by atoms with van der Waals surface area (Å²) in [6.07, 6.45) is 1.08. The SMILES string of the molecule is Clc1ccc2[nH]c3c(c2c1)CN(Cc1ccccc1)CC3. The number of rotatable bonds is 2. The van der Waals surface area contributed by atoms with Crippen LogP contribution in [0.2, 0.25) is 5.02 Å². The second-order valence-electron chi connectivity index (χ2n) is 5.72.